The van der Waals surface area contributed by atoms with Crippen molar-refractivity contribution in [1.82, 2.24) is 20.1 Å². The Hall–Kier alpha value is -2.44. The van der Waals surface area contributed by atoms with Gasteiger partial charge in [-0.2, -0.15) is 0 Å². The fourth-order valence-electron chi connectivity index (χ4n) is 3.37. The molecule has 1 fully saturated rings. The molecule has 1 saturated heterocycles. The summed E-state index contributed by atoms with van der Waals surface area (Å²) in [5.74, 6) is 0.854. The van der Waals surface area contributed by atoms with E-state index in [1.54, 1.807) is 7.11 Å². The van der Waals surface area contributed by atoms with Gasteiger partial charge in [0.15, 0.2) is 0 Å². The molecule has 1 aliphatic rings. The number of carbonyl (C=O) groups excluding carboxylic acids is 1. The van der Waals surface area contributed by atoms with Gasteiger partial charge in [0.25, 0.3) is 0 Å². The van der Waals surface area contributed by atoms with Crippen molar-refractivity contribution in [3.05, 3.63) is 59.9 Å². The van der Waals surface area contributed by atoms with Crippen LogP contribution >= 0.6 is 0 Å². The number of hydrogen-bond acceptors (Lipinski definition) is 5. The van der Waals surface area contributed by atoms with E-state index < -0.39 is 0 Å². The maximum absolute atomic E-state index is 12.6. The SMILES string of the molecule is COc1ccccc1CNC(=O)C(C)N1CCN(Cc2ccccn2)CC1. The number of para-hydroxylation sites is 1. The minimum atomic E-state index is -0.142. The molecule has 6 nitrogen and oxygen atoms in total. The lowest BCUT2D eigenvalue weighted by Gasteiger charge is -2.37. The van der Waals surface area contributed by atoms with Crippen molar-refractivity contribution in [2.45, 2.75) is 26.1 Å². The molecule has 1 aromatic carbocycles. The molecule has 0 radical (unpaired) electrons. The summed E-state index contributed by atoms with van der Waals surface area (Å²) in [5, 5.41) is 3.04. The first kappa shape index (κ1) is 19.3. The smallest absolute Gasteiger partial charge is 0.237 e. The van der Waals surface area contributed by atoms with E-state index in [-0.39, 0.29) is 11.9 Å². The van der Waals surface area contributed by atoms with Crippen LogP contribution in [0.3, 0.4) is 0 Å². The summed E-state index contributed by atoms with van der Waals surface area (Å²) in [6.45, 7) is 6.98. The summed E-state index contributed by atoms with van der Waals surface area (Å²) < 4.78 is 5.34. The number of ether oxygens (including phenoxy) is 1. The van der Waals surface area contributed by atoms with Gasteiger partial charge in [0.2, 0.25) is 5.91 Å². The van der Waals surface area contributed by atoms with Crippen LogP contribution in [0.5, 0.6) is 5.75 Å². The number of pyridine rings is 1. The maximum Gasteiger partial charge on any atom is 0.237 e. The van der Waals surface area contributed by atoms with E-state index in [9.17, 15) is 4.79 Å². The monoisotopic (exact) mass is 368 g/mol. The molecule has 1 unspecified atom stereocenters. The summed E-state index contributed by atoms with van der Waals surface area (Å²) in [6.07, 6.45) is 1.83. The Morgan fingerprint density at radius 2 is 1.89 bits per heavy atom. The molecule has 0 bridgehead atoms. The molecule has 2 aromatic rings. The Bertz CT molecular complexity index is 730. The lowest BCUT2D eigenvalue weighted by molar-refractivity contribution is -0.126. The molecule has 1 aliphatic heterocycles. The van der Waals surface area contributed by atoms with E-state index in [0.29, 0.717) is 6.54 Å². The van der Waals surface area contributed by atoms with Crippen molar-refractivity contribution >= 4 is 5.91 Å². The Morgan fingerprint density at radius 3 is 2.59 bits per heavy atom. The molecule has 3 rings (SSSR count). The number of aromatic nitrogens is 1. The van der Waals surface area contributed by atoms with Gasteiger partial charge in [0, 0.05) is 51.0 Å². The minimum absolute atomic E-state index is 0.0547. The number of amides is 1. The maximum atomic E-state index is 12.6. The van der Waals surface area contributed by atoms with E-state index in [1.165, 1.54) is 0 Å². The Kier molecular flexibility index (Phi) is 6.79. The Labute approximate surface area is 161 Å². The van der Waals surface area contributed by atoms with Crippen LogP contribution in [-0.2, 0) is 17.9 Å². The molecular weight excluding hydrogens is 340 g/mol. The van der Waals surface area contributed by atoms with Gasteiger partial charge in [-0.25, -0.2) is 0 Å². The number of carbonyl (C=O) groups is 1. The fraction of sp³-hybridized carbons (Fsp3) is 0.429. The van der Waals surface area contributed by atoms with Gasteiger partial charge in [0.05, 0.1) is 18.8 Å². The first-order chi connectivity index (χ1) is 13.2. The fourth-order valence-corrected chi connectivity index (χ4v) is 3.37. The van der Waals surface area contributed by atoms with Gasteiger partial charge < -0.3 is 10.1 Å². The third-order valence-corrected chi connectivity index (χ3v) is 5.09. The predicted molar refractivity (Wildman–Crippen MR) is 105 cm³/mol. The highest BCUT2D eigenvalue weighted by Gasteiger charge is 2.25. The molecule has 2 heterocycles. The minimum Gasteiger partial charge on any atom is -0.496 e. The Morgan fingerprint density at radius 1 is 1.15 bits per heavy atom. The third kappa shape index (κ3) is 5.28. The zero-order chi connectivity index (χ0) is 19.1. The molecule has 0 saturated carbocycles. The second-order valence-corrected chi connectivity index (χ2v) is 6.84. The van der Waals surface area contributed by atoms with Gasteiger partial charge in [-0.15, -0.1) is 0 Å². The van der Waals surface area contributed by atoms with Crippen molar-refractivity contribution in [3.8, 4) is 5.75 Å². The highest BCUT2D eigenvalue weighted by molar-refractivity contribution is 5.81. The van der Waals surface area contributed by atoms with E-state index in [2.05, 4.69) is 26.2 Å². The molecule has 0 spiro atoms. The van der Waals surface area contributed by atoms with Gasteiger partial charge in [-0.3, -0.25) is 19.6 Å². The highest BCUT2D eigenvalue weighted by Crippen LogP contribution is 2.17. The van der Waals surface area contributed by atoms with Crippen LogP contribution in [0.4, 0.5) is 0 Å². The average molecular weight is 368 g/mol. The standard InChI is InChI=1S/C21H28N4O2/c1-17(21(26)23-15-18-7-3-4-9-20(18)27-2)25-13-11-24(12-14-25)16-19-8-5-6-10-22-19/h3-10,17H,11-16H2,1-2H3,(H,23,26). The van der Waals surface area contributed by atoms with Gasteiger partial charge in [0.1, 0.15) is 5.75 Å². The second kappa shape index (κ2) is 9.48. The summed E-state index contributed by atoms with van der Waals surface area (Å²) in [7, 11) is 1.65. The first-order valence-corrected chi connectivity index (χ1v) is 9.43. The van der Waals surface area contributed by atoms with Crippen molar-refractivity contribution in [2.75, 3.05) is 33.3 Å². The highest BCUT2D eigenvalue weighted by atomic mass is 16.5. The number of benzene rings is 1. The summed E-state index contributed by atoms with van der Waals surface area (Å²) >= 11 is 0. The number of nitrogens with zero attached hydrogens (tertiary/aromatic N) is 3. The van der Waals surface area contributed by atoms with Gasteiger partial charge in [-0.1, -0.05) is 24.3 Å². The zero-order valence-electron chi connectivity index (χ0n) is 16.1. The van der Waals surface area contributed by atoms with E-state index in [0.717, 1.165) is 49.7 Å². The Balaban J connectivity index is 1.45. The molecular formula is C21H28N4O2. The summed E-state index contributed by atoms with van der Waals surface area (Å²) in [6, 6.07) is 13.6. The average Bonchev–Trinajstić information content (AvgIpc) is 2.73. The number of hydrogen-bond donors (Lipinski definition) is 1. The van der Waals surface area contributed by atoms with E-state index in [4.69, 9.17) is 4.74 Å². The van der Waals surface area contributed by atoms with Crippen LogP contribution in [0.15, 0.2) is 48.7 Å². The summed E-state index contributed by atoms with van der Waals surface area (Å²) in [5.41, 5.74) is 2.08. The number of methoxy groups -OCH3 is 1. The molecule has 1 N–H and O–H groups in total. The number of nitrogens with one attached hydrogen (secondary N) is 1. The predicted octanol–water partition coefficient (Wildman–Crippen LogP) is 1.91. The van der Waals surface area contributed by atoms with Crippen LogP contribution in [0, 0.1) is 0 Å². The third-order valence-electron chi connectivity index (χ3n) is 5.09. The summed E-state index contributed by atoms with van der Waals surface area (Å²) in [4.78, 5) is 21.6. The number of rotatable bonds is 7. The van der Waals surface area contributed by atoms with Crippen molar-refractivity contribution in [1.29, 1.82) is 0 Å². The van der Waals surface area contributed by atoms with Crippen molar-refractivity contribution in [2.24, 2.45) is 0 Å². The second-order valence-electron chi connectivity index (χ2n) is 6.84. The molecule has 0 aliphatic carbocycles. The largest absolute Gasteiger partial charge is 0.496 e. The van der Waals surface area contributed by atoms with Crippen LogP contribution in [0.1, 0.15) is 18.2 Å². The zero-order valence-corrected chi connectivity index (χ0v) is 16.1. The first-order valence-electron chi connectivity index (χ1n) is 9.43. The van der Waals surface area contributed by atoms with Crippen molar-refractivity contribution in [3.63, 3.8) is 0 Å². The van der Waals surface area contributed by atoms with E-state index >= 15 is 0 Å². The van der Waals surface area contributed by atoms with Gasteiger partial charge >= 0.3 is 0 Å². The molecule has 27 heavy (non-hydrogen) atoms. The van der Waals surface area contributed by atoms with Crippen LogP contribution in [0.25, 0.3) is 0 Å². The number of piperazine rings is 1. The normalized spacial score (nSPS) is 16.7. The van der Waals surface area contributed by atoms with E-state index in [1.807, 2.05) is 49.5 Å². The van der Waals surface area contributed by atoms with Crippen molar-refractivity contribution < 1.29 is 9.53 Å². The molecule has 1 atom stereocenters. The van der Waals surface area contributed by atoms with Gasteiger partial charge in [-0.05, 0) is 25.1 Å². The molecule has 1 amide bonds. The quantitative estimate of drug-likeness (QED) is 0.809. The molecule has 6 heteroatoms. The molecule has 1 aromatic heterocycles. The van der Waals surface area contributed by atoms with Crippen LogP contribution < -0.4 is 10.1 Å². The lowest BCUT2D eigenvalue weighted by Crippen LogP contribution is -2.53. The lowest BCUT2D eigenvalue weighted by atomic mass is 10.1. The van der Waals surface area contributed by atoms with Crippen LogP contribution in [0.2, 0.25) is 0 Å². The molecule has 144 valence electrons. The topological polar surface area (TPSA) is 57.7 Å². The van der Waals surface area contributed by atoms with Crippen LogP contribution in [-0.4, -0.2) is 60.0 Å².